The van der Waals surface area contributed by atoms with Crippen molar-refractivity contribution in [2.45, 2.75) is 0 Å². The predicted molar refractivity (Wildman–Crippen MR) is 47.0 cm³/mol. The Labute approximate surface area is 83.8 Å². The van der Waals surface area contributed by atoms with E-state index in [2.05, 4.69) is 4.74 Å². The van der Waals surface area contributed by atoms with Crippen LogP contribution in [-0.2, 0) is 14.3 Å². The van der Waals surface area contributed by atoms with Gasteiger partial charge in [-0.2, -0.15) is 0 Å². The molecule has 1 rings (SSSR count). The molecule has 4 nitrogen and oxygen atoms in total. The van der Waals surface area contributed by atoms with Crippen LogP contribution >= 0.6 is 0 Å². The third-order valence-corrected chi connectivity index (χ3v) is 1.57. The lowest BCUT2D eigenvalue weighted by Crippen LogP contribution is -2.24. The van der Waals surface area contributed by atoms with Gasteiger partial charge in [0.2, 0.25) is 0 Å². The van der Waals surface area contributed by atoms with Gasteiger partial charge in [-0.15, -0.1) is 0 Å². The number of rotatable bonds is 1. The average molecular weight is 215 g/mol. The lowest BCUT2D eigenvalue weighted by Gasteiger charge is -2.04. The number of methoxy groups -OCH3 is 1. The molecular formula is C9H7F2NO3. The summed E-state index contributed by atoms with van der Waals surface area (Å²) >= 11 is 0. The van der Waals surface area contributed by atoms with E-state index in [1.807, 2.05) is 5.32 Å². The van der Waals surface area contributed by atoms with Crippen LogP contribution in [0.25, 0.3) is 0 Å². The summed E-state index contributed by atoms with van der Waals surface area (Å²) in [5.74, 6) is -4.69. The molecule has 0 bridgehead atoms. The average Bonchev–Trinajstić information content (AvgIpc) is 2.23. The van der Waals surface area contributed by atoms with E-state index in [0.29, 0.717) is 0 Å². The number of anilines is 1. The minimum absolute atomic E-state index is 0.412. The molecule has 0 unspecified atom stereocenters. The van der Waals surface area contributed by atoms with Gasteiger partial charge in [-0.05, 0) is 12.1 Å². The van der Waals surface area contributed by atoms with Crippen molar-refractivity contribution in [3.63, 3.8) is 0 Å². The maximum atomic E-state index is 13.0. The Kier molecular flexibility index (Phi) is 3.33. The highest BCUT2D eigenvalue weighted by Crippen LogP contribution is 2.16. The monoisotopic (exact) mass is 215 g/mol. The number of nitrogens with one attached hydrogen (secondary N) is 1. The summed E-state index contributed by atoms with van der Waals surface area (Å²) in [4.78, 5) is 21.6. The molecule has 0 fully saturated rings. The molecule has 80 valence electrons. The smallest absolute Gasteiger partial charge is 0.396 e. The minimum Gasteiger partial charge on any atom is -0.462 e. The Balaban J connectivity index is 2.86. The molecule has 0 saturated heterocycles. The van der Waals surface area contributed by atoms with Gasteiger partial charge in [0.25, 0.3) is 0 Å². The summed E-state index contributed by atoms with van der Waals surface area (Å²) < 4.78 is 29.7. The second-order valence-corrected chi connectivity index (χ2v) is 2.55. The quantitative estimate of drug-likeness (QED) is 0.563. The van der Waals surface area contributed by atoms with Crippen molar-refractivity contribution in [2.75, 3.05) is 12.4 Å². The van der Waals surface area contributed by atoms with E-state index in [1.165, 1.54) is 6.07 Å². The van der Waals surface area contributed by atoms with Crippen LogP contribution in [0.1, 0.15) is 0 Å². The molecule has 1 N–H and O–H groups in total. The normalized spacial score (nSPS) is 9.53. The lowest BCUT2D eigenvalue weighted by molar-refractivity contribution is -0.150. The summed E-state index contributed by atoms with van der Waals surface area (Å²) in [6.45, 7) is 0. The third-order valence-electron chi connectivity index (χ3n) is 1.57. The van der Waals surface area contributed by atoms with Gasteiger partial charge in [0.15, 0.2) is 11.6 Å². The van der Waals surface area contributed by atoms with Gasteiger partial charge in [-0.25, -0.2) is 13.6 Å². The predicted octanol–water partition coefficient (Wildman–Crippen LogP) is 1.08. The largest absolute Gasteiger partial charge is 0.462 e. The number of esters is 1. The Morgan fingerprint density at radius 2 is 2.00 bits per heavy atom. The van der Waals surface area contributed by atoms with Crippen LogP contribution in [0.4, 0.5) is 14.5 Å². The number of benzene rings is 1. The van der Waals surface area contributed by atoms with Crippen LogP contribution in [0.3, 0.4) is 0 Å². The van der Waals surface area contributed by atoms with Crippen LogP contribution in [0, 0.1) is 11.6 Å². The highest BCUT2D eigenvalue weighted by Gasteiger charge is 2.16. The first-order chi connectivity index (χ1) is 7.06. The highest BCUT2D eigenvalue weighted by atomic mass is 19.2. The Morgan fingerprint density at radius 1 is 1.33 bits per heavy atom. The first kappa shape index (κ1) is 11.1. The van der Waals surface area contributed by atoms with E-state index in [9.17, 15) is 18.4 Å². The molecule has 1 aromatic carbocycles. The zero-order chi connectivity index (χ0) is 11.4. The topological polar surface area (TPSA) is 55.4 Å². The van der Waals surface area contributed by atoms with Crippen molar-refractivity contribution < 1.29 is 23.1 Å². The fourth-order valence-corrected chi connectivity index (χ4v) is 0.866. The van der Waals surface area contributed by atoms with E-state index in [4.69, 9.17) is 0 Å². The van der Waals surface area contributed by atoms with Crippen molar-refractivity contribution in [1.29, 1.82) is 0 Å². The summed E-state index contributed by atoms with van der Waals surface area (Å²) in [6.07, 6.45) is 0. The van der Waals surface area contributed by atoms with E-state index in [1.54, 1.807) is 0 Å². The Hall–Kier alpha value is -1.98. The van der Waals surface area contributed by atoms with Crippen molar-refractivity contribution >= 4 is 17.6 Å². The van der Waals surface area contributed by atoms with Crippen molar-refractivity contribution in [2.24, 2.45) is 0 Å². The molecule has 0 saturated carbocycles. The molecule has 0 aromatic heterocycles. The number of carbonyl (C=O) groups excluding carboxylic acids is 2. The molecule has 0 aliphatic rings. The number of hydrogen-bond donors (Lipinski definition) is 1. The Morgan fingerprint density at radius 3 is 2.60 bits per heavy atom. The number of carbonyl (C=O) groups is 2. The lowest BCUT2D eigenvalue weighted by atomic mass is 10.3. The van der Waals surface area contributed by atoms with Gasteiger partial charge in [0.05, 0.1) is 12.8 Å². The van der Waals surface area contributed by atoms with Gasteiger partial charge in [-0.1, -0.05) is 6.07 Å². The first-order valence-corrected chi connectivity index (χ1v) is 3.89. The molecule has 1 amide bonds. The van der Waals surface area contributed by atoms with E-state index >= 15 is 0 Å². The number of ether oxygens (including phenoxy) is 1. The minimum atomic E-state index is -1.23. The van der Waals surface area contributed by atoms with Crippen LogP contribution < -0.4 is 5.32 Å². The number of halogens is 2. The van der Waals surface area contributed by atoms with Crippen LogP contribution in [0.15, 0.2) is 18.2 Å². The molecule has 0 atom stereocenters. The van der Waals surface area contributed by atoms with Gasteiger partial charge >= 0.3 is 11.9 Å². The molecule has 1 aromatic rings. The van der Waals surface area contributed by atoms with Crippen molar-refractivity contribution in [1.82, 2.24) is 0 Å². The SMILES string of the molecule is COC(=O)C(=O)Nc1cccc(F)c1F. The number of hydrogen-bond acceptors (Lipinski definition) is 3. The van der Waals surface area contributed by atoms with Crippen molar-refractivity contribution in [3.05, 3.63) is 29.8 Å². The molecule has 0 spiro atoms. The fourth-order valence-electron chi connectivity index (χ4n) is 0.866. The summed E-state index contributed by atoms with van der Waals surface area (Å²) in [7, 11) is 1.00. The summed E-state index contributed by atoms with van der Waals surface area (Å²) in [6, 6.07) is 3.22. The zero-order valence-corrected chi connectivity index (χ0v) is 7.71. The zero-order valence-electron chi connectivity index (χ0n) is 7.71. The maximum Gasteiger partial charge on any atom is 0.396 e. The van der Waals surface area contributed by atoms with Gasteiger partial charge in [0.1, 0.15) is 0 Å². The van der Waals surface area contributed by atoms with Gasteiger partial charge in [-0.3, -0.25) is 4.79 Å². The second kappa shape index (κ2) is 4.50. The van der Waals surface area contributed by atoms with Gasteiger partial charge < -0.3 is 10.1 Å². The maximum absolute atomic E-state index is 13.0. The highest BCUT2D eigenvalue weighted by molar-refractivity contribution is 6.37. The van der Waals surface area contributed by atoms with Gasteiger partial charge in [0, 0.05) is 0 Å². The van der Waals surface area contributed by atoms with Crippen molar-refractivity contribution in [3.8, 4) is 0 Å². The number of amides is 1. The first-order valence-electron chi connectivity index (χ1n) is 3.89. The summed E-state index contributed by atoms with van der Waals surface area (Å²) in [5, 5.41) is 1.87. The second-order valence-electron chi connectivity index (χ2n) is 2.55. The standard InChI is InChI=1S/C9H7F2NO3/c1-15-9(14)8(13)12-6-4-2-3-5(10)7(6)11/h2-4H,1H3,(H,12,13). The van der Waals surface area contributed by atoms with E-state index in [-0.39, 0.29) is 0 Å². The van der Waals surface area contributed by atoms with Crippen LogP contribution in [0.5, 0.6) is 0 Å². The fraction of sp³-hybridized carbons (Fsp3) is 0.111. The van der Waals surface area contributed by atoms with Crippen LogP contribution in [0.2, 0.25) is 0 Å². The molecule has 0 aliphatic heterocycles. The molecule has 0 heterocycles. The molecule has 0 aliphatic carbocycles. The third kappa shape index (κ3) is 2.49. The van der Waals surface area contributed by atoms with Crippen LogP contribution in [-0.4, -0.2) is 19.0 Å². The van der Waals surface area contributed by atoms with E-state index in [0.717, 1.165) is 19.2 Å². The molecule has 15 heavy (non-hydrogen) atoms. The molecule has 0 radical (unpaired) electrons. The molecule has 6 heteroatoms. The van der Waals surface area contributed by atoms with E-state index < -0.39 is 29.2 Å². The Bertz CT molecular complexity index is 406. The summed E-state index contributed by atoms with van der Waals surface area (Å²) in [5.41, 5.74) is -0.412. The molecular weight excluding hydrogens is 208 g/mol.